The Hall–Kier alpha value is -2.02. The molecule has 1 N–H and O–H groups in total. The molecular weight excluding hydrogens is 347 g/mol. The van der Waals surface area contributed by atoms with E-state index in [2.05, 4.69) is 0 Å². The normalized spacial score (nSPS) is 18.2. The van der Waals surface area contributed by atoms with Crippen LogP contribution in [0, 0.1) is 5.92 Å². The molecule has 8 heteroatoms. The standard InChI is InChI=1S/C16H16F3NO3.ClH/c1-10(11-3-2-4-13(8-11)16(17,18)19)7-14(21)20-6-5-12(9-20)15(22)23;/h2-4,7-8,12H,5-6,9H2,1H3,(H,22,23);1H. The Kier molecular flexibility index (Phi) is 6.42. The Labute approximate surface area is 143 Å². The second kappa shape index (κ2) is 7.70. The molecule has 24 heavy (non-hydrogen) atoms. The lowest BCUT2D eigenvalue weighted by molar-refractivity contribution is -0.141. The fourth-order valence-electron chi connectivity index (χ4n) is 2.46. The molecule has 4 nitrogen and oxygen atoms in total. The zero-order chi connectivity index (χ0) is 17.2. The van der Waals surface area contributed by atoms with Crippen molar-refractivity contribution in [2.45, 2.75) is 19.5 Å². The average molecular weight is 364 g/mol. The predicted octanol–water partition coefficient (Wildman–Crippen LogP) is 3.46. The minimum absolute atomic E-state index is 0. The van der Waals surface area contributed by atoms with Gasteiger partial charge in [-0.15, -0.1) is 12.4 Å². The number of alkyl halides is 3. The Bertz CT molecular complexity index is 658. The molecule has 0 bridgehead atoms. The molecule has 0 spiro atoms. The topological polar surface area (TPSA) is 57.6 Å². The Balaban J connectivity index is 0.00000288. The smallest absolute Gasteiger partial charge is 0.416 e. The van der Waals surface area contributed by atoms with E-state index in [4.69, 9.17) is 5.11 Å². The number of amides is 1. The molecule has 1 fully saturated rings. The molecule has 0 saturated carbocycles. The summed E-state index contributed by atoms with van der Waals surface area (Å²) in [5, 5.41) is 8.92. The van der Waals surface area contributed by atoms with Crippen molar-refractivity contribution in [3.05, 3.63) is 41.5 Å². The molecule has 1 heterocycles. The highest BCUT2D eigenvalue weighted by Gasteiger charge is 2.31. The van der Waals surface area contributed by atoms with Crippen molar-refractivity contribution in [1.82, 2.24) is 4.90 Å². The molecule has 2 rings (SSSR count). The van der Waals surface area contributed by atoms with Gasteiger partial charge in [0.15, 0.2) is 0 Å². The first-order chi connectivity index (χ1) is 10.7. The number of benzene rings is 1. The summed E-state index contributed by atoms with van der Waals surface area (Å²) < 4.78 is 38.1. The molecule has 0 aliphatic carbocycles. The highest BCUT2D eigenvalue weighted by atomic mass is 35.5. The average Bonchev–Trinajstić information content (AvgIpc) is 2.96. The highest BCUT2D eigenvalue weighted by molar-refractivity contribution is 5.95. The summed E-state index contributed by atoms with van der Waals surface area (Å²) in [4.78, 5) is 24.4. The number of nitrogens with zero attached hydrogens (tertiary/aromatic N) is 1. The Morgan fingerprint density at radius 2 is 2.00 bits per heavy atom. The van der Waals surface area contributed by atoms with Crippen molar-refractivity contribution in [2.24, 2.45) is 5.92 Å². The zero-order valence-electron chi connectivity index (χ0n) is 12.8. The van der Waals surface area contributed by atoms with E-state index in [0.29, 0.717) is 24.1 Å². The van der Waals surface area contributed by atoms with Gasteiger partial charge in [-0.25, -0.2) is 0 Å². The summed E-state index contributed by atoms with van der Waals surface area (Å²) in [5.41, 5.74) is -0.0654. The molecule has 1 aliphatic heterocycles. The number of halogens is 4. The van der Waals surface area contributed by atoms with E-state index in [1.165, 1.54) is 23.1 Å². The predicted molar refractivity (Wildman–Crippen MR) is 84.7 cm³/mol. The van der Waals surface area contributed by atoms with Gasteiger partial charge in [0.25, 0.3) is 0 Å². The lowest BCUT2D eigenvalue weighted by Gasteiger charge is -2.14. The number of carboxylic acids is 1. The first-order valence-corrected chi connectivity index (χ1v) is 7.06. The first-order valence-electron chi connectivity index (χ1n) is 7.06. The van der Waals surface area contributed by atoms with Crippen LogP contribution in [0.3, 0.4) is 0 Å². The van der Waals surface area contributed by atoms with Crippen LogP contribution in [0.1, 0.15) is 24.5 Å². The molecule has 1 atom stereocenters. The van der Waals surface area contributed by atoms with Gasteiger partial charge in [-0.1, -0.05) is 12.1 Å². The van der Waals surface area contributed by atoms with Gasteiger partial charge in [0.05, 0.1) is 11.5 Å². The number of likely N-dealkylation sites (tertiary alicyclic amines) is 1. The number of aliphatic carboxylic acids is 1. The number of hydrogen-bond donors (Lipinski definition) is 1. The monoisotopic (exact) mass is 363 g/mol. The first kappa shape index (κ1) is 20.0. The van der Waals surface area contributed by atoms with E-state index in [1.807, 2.05) is 0 Å². The lowest BCUT2D eigenvalue weighted by Crippen LogP contribution is -2.28. The SMILES string of the molecule is CC(=CC(=O)N1CCC(C(=O)O)C1)c1cccc(C(F)(F)F)c1.Cl. The van der Waals surface area contributed by atoms with Crippen LogP contribution in [0.4, 0.5) is 13.2 Å². The van der Waals surface area contributed by atoms with Gasteiger partial charge in [0, 0.05) is 19.2 Å². The third-order valence-electron chi connectivity index (χ3n) is 3.83. The number of hydrogen-bond acceptors (Lipinski definition) is 2. The van der Waals surface area contributed by atoms with Gasteiger partial charge in [0.1, 0.15) is 0 Å². The number of carbonyl (C=O) groups excluding carboxylic acids is 1. The number of carbonyl (C=O) groups is 2. The van der Waals surface area contributed by atoms with Crippen LogP contribution in [0.25, 0.3) is 5.57 Å². The van der Waals surface area contributed by atoms with Gasteiger partial charge in [-0.2, -0.15) is 13.2 Å². The zero-order valence-corrected chi connectivity index (χ0v) is 13.7. The van der Waals surface area contributed by atoms with Crippen molar-refractivity contribution >= 4 is 29.9 Å². The lowest BCUT2D eigenvalue weighted by atomic mass is 10.0. The minimum Gasteiger partial charge on any atom is -0.481 e. The van der Waals surface area contributed by atoms with Gasteiger partial charge in [0.2, 0.25) is 5.91 Å². The Morgan fingerprint density at radius 3 is 2.54 bits per heavy atom. The summed E-state index contributed by atoms with van der Waals surface area (Å²) >= 11 is 0. The molecule has 1 saturated heterocycles. The van der Waals surface area contributed by atoms with Crippen LogP contribution in [0.2, 0.25) is 0 Å². The van der Waals surface area contributed by atoms with Crippen molar-refractivity contribution in [2.75, 3.05) is 13.1 Å². The van der Waals surface area contributed by atoms with Gasteiger partial charge in [-0.05, 0) is 36.6 Å². The van der Waals surface area contributed by atoms with Crippen LogP contribution >= 0.6 is 12.4 Å². The van der Waals surface area contributed by atoms with Crippen LogP contribution in [0.5, 0.6) is 0 Å². The maximum absolute atomic E-state index is 12.7. The maximum atomic E-state index is 12.7. The molecule has 1 aromatic rings. The van der Waals surface area contributed by atoms with E-state index in [1.54, 1.807) is 6.92 Å². The maximum Gasteiger partial charge on any atom is 0.416 e. The number of carboxylic acid groups (broad SMARTS) is 1. The molecule has 1 unspecified atom stereocenters. The van der Waals surface area contributed by atoms with Crippen LogP contribution in [0.15, 0.2) is 30.3 Å². The van der Waals surface area contributed by atoms with Crippen molar-refractivity contribution < 1.29 is 27.9 Å². The molecular formula is C16H17ClF3NO3. The van der Waals surface area contributed by atoms with Crippen molar-refractivity contribution in [3.63, 3.8) is 0 Å². The van der Waals surface area contributed by atoms with E-state index >= 15 is 0 Å². The second-order valence-electron chi connectivity index (χ2n) is 5.51. The van der Waals surface area contributed by atoms with Gasteiger partial charge in [-0.3, -0.25) is 9.59 Å². The molecule has 0 aromatic heterocycles. The summed E-state index contributed by atoms with van der Waals surface area (Å²) in [5.74, 6) is -1.91. The molecule has 132 valence electrons. The van der Waals surface area contributed by atoms with Gasteiger partial charge < -0.3 is 10.0 Å². The van der Waals surface area contributed by atoms with E-state index in [-0.39, 0.29) is 24.9 Å². The number of allylic oxidation sites excluding steroid dienone is 1. The fourth-order valence-corrected chi connectivity index (χ4v) is 2.46. The van der Waals surface area contributed by atoms with E-state index in [0.717, 1.165) is 12.1 Å². The van der Waals surface area contributed by atoms with Crippen molar-refractivity contribution in [1.29, 1.82) is 0 Å². The molecule has 1 amide bonds. The summed E-state index contributed by atoms with van der Waals surface area (Å²) in [7, 11) is 0. The third kappa shape index (κ3) is 4.74. The van der Waals surface area contributed by atoms with Gasteiger partial charge >= 0.3 is 12.1 Å². The summed E-state index contributed by atoms with van der Waals surface area (Å²) in [6.07, 6.45) is -2.80. The summed E-state index contributed by atoms with van der Waals surface area (Å²) in [6, 6.07) is 4.74. The van der Waals surface area contributed by atoms with Crippen molar-refractivity contribution in [3.8, 4) is 0 Å². The van der Waals surface area contributed by atoms with Crippen LogP contribution in [-0.4, -0.2) is 35.0 Å². The minimum atomic E-state index is -4.44. The van der Waals surface area contributed by atoms with Crippen LogP contribution < -0.4 is 0 Å². The molecule has 0 radical (unpaired) electrons. The van der Waals surface area contributed by atoms with E-state index in [9.17, 15) is 22.8 Å². The Morgan fingerprint density at radius 1 is 1.33 bits per heavy atom. The largest absolute Gasteiger partial charge is 0.481 e. The third-order valence-corrected chi connectivity index (χ3v) is 3.83. The quantitative estimate of drug-likeness (QED) is 0.837. The van der Waals surface area contributed by atoms with E-state index < -0.39 is 23.6 Å². The van der Waals surface area contributed by atoms with Crippen LogP contribution in [-0.2, 0) is 15.8 Å². The molecule has 1 aromatic carbocycles. The highest BCUT2D eigenvalue weighted by Crippen LogP contribution is 2.31. The summed E-state index contributed by atoms with van der Waals surface area (Å²) in [6.45, 7) is 2.01. The molecule has 1 aliphatic rings. The fraction of sp³-hybridized carbons (Fsp3) is 0.375. The number of rotatable bonds is 3. The second-order valence-corrected chi connectivity index (χ2v) is 5.51.